The number of nitrogens with zero attached hydrogens (tertiary/aromatic N) is 1. The van der Waals surface area contributed by atoms with Gasteiger partial charge in [-0.05, 0) is 12.1 Å². The second-order valence-electron chi connectivity index (χ2n) is 3.85. The number of hydrogen-bond donors (Lipinski definition) is 2. The third-order valence-electron chi connectivity index (χ3n) is 2.73. The van der Waals surface area contributed by atoms with E-state index >= 15 is 0 Å². The highest BCUT2D eigenvalue weighted by Gasteiger charge is 2.16. The van der Waals surface area contributed by atoms with Gasteiger partial charge in [-0.15, -0.1) is 0 Å². The number of ether oxygens (including phenoxy) is 1. The molecule has 1 heterocycles. The van der Waals surface area contributed by atoms with Gasteiger partial charge in [-0.3, -0.25) is 9.63 Å². The van der Waals surface area contributed by atoms with Gasteiger partial charge < -0.3 is 15.5 Å². The standard InChI is InChI=1S/C12H15N3O3/c1-15(18-3)12(16)10-6-8-9(14-10)4-7(13)5-11(8)17-2/h4-6,14H,13H2,1-3H3. The molecule has 6 nitrogen and oxygen atoms in total. The summed E-state index contributed by atoms with van der Waals surface area (Å²) in [6.07, 6.45) is 0. The number of H-pyrrole nitrogens is 1. The van der Waals surface area contributed by atoms with Crippen LogP contribution in [0.3, 0.4) is 0 Å². The van der Waals surface area contributed by atoms with E-state index < -0.39 is 0 Å². The fourth-order valence-electron chi connectivity index (χ4n) is 1.76. The molecular weight excluding hydrogens is 234 g/mol. The zero-order valence-electron chi connectivity index (χ0n) is 10.5. The summed E-state index contributed by atoms with van der Waals surface area (Å²) in [5.74, 6) is 0.356. The molecule has 96 valence electrons. The minimum Gasteiger partial charge on any atom is -0.496 e. The average molecular weight is 249 g/mol. The Bertz CT molecular complexity index is 592. The van der Waals surface area contributed by atoms with Gasteiger partial charge in [0.25, 0.3) is 5.91 Å². The summed E-state index contributed by atoms with van der Waals surface area (Å²) in [5, 5.41) is 1.94. The number of fused-ring (bicyclic) bond motifs is 1. The Kier molecular flexibility index (Phi) is 3.12. The van der Waals surface area contributed by atoms with Gasteiger partial charge in [0.2, 0.25) is 0 Å². The number of nitrogens with two attached hydrogens (primary N) is 1. The minimum atomic E-state index is -0.269. The number of hydroxylamine groups is 2. The molecule has 0 spiro atoms. The summed E-state index contributed by atoms with van der Waals surface area (Å²) in [6, 6.07) is 5.18. The fraction of sp³-hybridized carbons (Fsp3) is 0.250. The number of methoxy groups -OCH3 is 1. The Morgan fingerprint density at radius 3 is 2.67 bits per heavy atom. The van der Waals surface area contributed by atoms with Crippen molar-refractivity contribution in [2.45, 2.75) is 0 Å². The Hall–Kier alpha value is -2.21. The molecule has 0 unspecified atom stereocenters. The van der Waals surface area contributed by atoms with Crippen molar-refractivity contribution >= 4 is 22.5 Å². The van der Waals surface area contributed by atoms with E-state index in [4.69, 9.17) is 15.3 Å². The maximum Gasteiger partial charge on any atom is 0.293 e. The lowest BCUT2D eigenvalue weighted by Crippen LogP contribution is -2.25. The highest BCUT2D eigenvalue weighted by atomic mass is 16.7. The van der Waals surface area contributed by atoms with E-state index in [0.717, 1.165) is 16.0 Å². The van der Waals surface area contributed by atoms with Crippen LogP contribution in [0, 0.1) is 0 Å². The lowest BCUT2D eigenvalue weighted by Gasteiger charge is -2.11. The van der Waals surface area contributed by atoms with Gasteiger partial charge in [0.15, 0.2) is 0 Å². The van der Waals surface area contributed by atoms with Gasteiger partial charge >= 0.3 is 0 Å². The van der Waals surface area contributed by atoms with Crippen molar-refractivity contribution in [1.82, 2.24) is 10.0 Å². The zero-order chi connectivity index (χ0) is 13.3. The lowest BCUT2D eigenvalue weighted by molar-refractivity contribution is -0.0759. The smallest absolute Gasteiger partial charge is 0.293 e. The van der Waals surface area contributed by atoms with Crippen molar-refractivity contribution in [3.05, 3.63) is 23.9 Å². The number of nitrogen functional groups attached to an aromatic ring is 1. The first-order valence-electron chi connectivity index (χ1n) is 5.35. The first kappa shape index (κ1) is 12.3. The van der Waals surface area contributed by atoms with Crippen LogP contribution < -0.4 is 10.5 Å². The Labute approximate surface area is 104 Å². The van der Waals surface area contributed by atoms with Crippen molar-refractivity contribution in [1.29, 1.82) is 0 Å². The third kappa shape index (κ3) is 1.98. The van der Waals surface area contributed by atoms with Crippen molar-refractivity contribution in [3.63, 3.8) is 0 Å². The van der Waals surface area contributed by atoms with Crippen molar-refractivity contribution < 1.29 is 14.4 Å². The van der Waals surface area contributed by atoms with E-state index in [1.807, 2.05) is 0 Å². The number of aromatic nitrogens is 1. The highest BCUT2D eigenvalue weighted by Crippen LogP contribution is 2.29. The molecular formula is C12H15N3O3. The predicted octanol–water partition coefficient (Wildman–Crippen LogP) is 1.39. The quantitative estimate of drug-likeness (QED) is 0.636. The van der Waals surface area contributed by atoms with E-state index in [1.54, 1.807) is 32.4 Å². The van der Waals surface area contributed by atoms with Crippen LogP contribution in [0.5, 0.6) is 5.75 Å². The van der Waals surface area contributed by atoms with Gasteiger partial charge in [0.05, 0.1) is 19.7 Å². The number of amides is 1. The van der Waals surface area contributed by atoms with Gasteiger partial charge in [0, 0.05) is 24.2 Å². The first-order valence-corrected chi connectivity index (χ1v) is 5.35. The highest BCUT2D eigenvalue weighted by molar-refractivity contribution is 6.00. The van der Waals surface area contributed by atoms with E-state index in [2.05, 4.69) is 4.98 Å². The Morgan fingerprint density at radius 2 is 2.06 bits per heavy atom. The molecule has 0 fully saturated rings. The van der Waals surface area contributed by atoms with Crippen LogP contribution >= 0.6 is 0 Å². The maximum absolute atomic E-state index is 11.9. The molecule has 2 aromatic rings. The summed E-state index contributed by atoms with van der Waals surface area (Å²) >= 11 is 0. The first-order chi connectivity index (χ1) is 8.56. The van der Waals surface area contributed by atoms with Crippen LogP contribution in [-0.2, 0) is 4.84 Å². The number of aromatic amines is 1. The van der Waals surface area contributed by atoms with E-state index in [1.165, 1.54) is 7.11 Å². The van der Waals surface area contributed by atoms with E-state index in [0.29, 0.717) is 17.1 Å². The summed E-state index contributed by atoms with van der Waals surface area (Å²) in [5.41, 5.74) is 7.49. The molecule has 6 heteroatoms. The molecule has 1 aromatic heterocycles. The molecule has 0 radical (unpaired) electrons. The SMILES string of the molecule is COc1cc(N)cc2[nH]c(C(=O)N(C)OC)cc12. The van der Waals surface area contributed by atoms with Gasteiger partial charge in [-0.2, -0.15) is 0 Å². The maximum atomic E-state index is 11.9. The second-order valence-corrected chi connectivity index (χ2v) is 3.85. The largest absolute Gasteiger partial charge is 0.496 e. The van der Waals surface area contributed by atoms with Crippen molar-refractivity contribution in [2.24, 2.45) is 0 Å². The van der Waals surface area contributed by atoms with Crippen LogP contribution in [0.15, 0.2) is 18.2 Å². The Morgan fingerprint density at radius 1 is 1.33 bits per heavy atom. The van der Waals surface area contributed by atoms with Crippen molar-refractivity contribution in [3.8, 4) is 5.75 Å². The molecule has 18 heavy (non-hydrogen) atoms. The van der Waals surface area contributed by atoms with E-state index in [-0.39, 0.29) is 5.91 Å². The molecule has 0 saturated carbocycles. The van der Waals surface area contributed by atoms with Gasteiger partial charge in [0.1, 0.15) is 11.4 Å². The second kappa shape index (κ2) is 4.58. The van der Waals surface area contributed by atoms with Gasteiger partial charge in [-0.25, -0.2) is 5.06 Å². The minimum absolute atomic E-state index is 0.269. The number of carbonyl (C=O) groups is 1. The van der Waals surface area contributed by atoms with E-state index in [9.17, 15) is 4.79 Å². The topological polar surface area (TPSA) is 80.6 Å². The number of nitrogens with one attached hydrogen (secondary N) is 1. The summed E-state index contributed by atoms with van der Waals surface area (Å²) in [4.78, 5) is 19.8. The Balaban J connectivity index is 2.53. The van der Waals surface area contributed by atoms with Crippen LogP contribution in [0.1, 0.15) is 10.5 Å². The fourth-order valence-corrected chi connectivity index (χ4v) is 1.76. The molecule has 1 amide bonds. The molecule has 2 rings (SSSR count). The van der Waals surface area contributed by atoms with Crippen LogP contribution in [0.4, 0.5) is 5.69 Å². The number of hydrogen-bond acceptors (Lipinski definition) is 4. The molecule has 0 atom stereocenters. The summed E-state index contributed by atoms with van der Waals surface area (Å²) < 4.78 is 5.23. The van der Waals surface area contributed by atoms with Crippen LogP contribution in [-0.4, -0.2) is 37.2 Å². The zero-order valence-corrected chi connectivity index (χ0v) is 10.5. The molecule has 0 aliphatic heterocycles. The normalized spacial score (nSPS) is 10.6. The van der Waals surface area contributed by atoms with Crippen molar-refractivity contribution in [2.75, 3.05) is 27.0 Å². The molecule has 0 saturated heterocycles. The number of anilines is 1. The number of carbonyl (C=O) groups excluding carboxylic acids is 1. The molecule has 1 aromatic carbocycles. The molecule has 0 aliphatic carbocycles. The molecule has 0 bridgehead atoms. The number of rotatable bonds is 3. The predicted molar refractivity (Wildman–Crippen MR) is 68.4 cm³/mol. The monoisotopic (exact) mass is 249 g/mol. The summed E-state index contributed by atoms with van der Waals surface area (Å²) in [6.45, 7) is 0. The molecule has 3 N–H and O–H groups in total. The molecule has 0 aliphatic rings. The van der Waals surface area contributed by atoms with Crippen LogP contribution in [0.25, 0.3) is 10.9 Å². The third-order valence-corrected chi connectivity index (χ3v) is 2.73. The van der Waals surface area contributed by atoms with Crippen LogP contribution in [0.2, 0.25) is 0 Å². The summed E-state index contributed by atoms with van der Waals surface area (Å²) in [7, 11) is 4.53. The van der Waals surface area contributed by atoms with Gasteiger partial charge in [-0.1, -0.05) is 0 Å². The average Bonchev–Trinajstić information content (AvgIpc) is 2.79. The lowest BCUT2D eigenvalue weighted by atomic mass is 10.2. The number of benzene rings is 1.